The number of rotatable bonds is 5. The molecule has 0 aromatic heterocycles. The molecule has 0 saturated carbocycles. The van der Waals surface area contributed by atoms with Crippen molar-refractivity contribution in [2.75, 3.05) is 13.1 Å². The highest BCUT2D eigenvalue weighted by Gasteiger charge is 2.18. The average molecular weight is 239 g/mol. The first kappa shape index (κ1) is 14.2. The van der Waals surface area contributed by atoms with Crippen LogP contribution in [0.4, 0.5) is 0 Å². The van der Waals surface area contributed by atoms with Crippen molar-refractivity contribution >= 4 is 5.97 Å². The summed E-state index contributed by atoms with van der Waals surface area (Å²) in [5.41, 5.74) is 0.545. The van der Waals surface area contributed by atoms with Crippen molar-refractivity contribution in [3.8, 4) is 0 Å². The summed E-state index contributed by atoms with van der Waals surface area (Å²) in [7, 11) is 0. The number of nitrogens with zero attached hydrogens (tertiary/aromatic N) is 1. The van der Waals surface area contributed by atoms with Gasteiger partial charge < -0.3 is 5.11 Å². The molecule has 0 aromatic carbocycles. The fourth-order valence-electron chi connectivity index (χ4n) is 2.55. The normalized spacial score (nSPS) is 23.4. The number of carboxylic acids is 1. The number of aliphatic carboxylic acids is 1. The van der Waals surface area contributed by atoms with Crippen LogP contribution in [-0.2, 0) is 4.79 Å². The van der Waals surface area contributed by atoms with Crippen LogP contribution < -0.4 is 0 Å². The summed E-state index contributed by atoms with van der Waals surface area (Å²) in [5.74, 6) is -0.768. The van der Waals surface area contributed by atoms with E-state index in [9.17, 15) is 4.79 Å². The third-order valence-corrected chi connectivity index (χ3v) is 3.70. The SMILES string of the molecule is CC/C(=C/CN1CCCCCC1CC)C(=O)O. The maximum absolute atomic E-state index is 10.9. The van der Waals surface area contributed by atoms with Gasteiger partial charge in [0.15, 0.2) is 0 Å². The highest BCUT2D eigenvalue weighted by atomic mass is 16.4. The van der Waals surface area contributed by atoms with Gasteiger partial charge in [-0.3, -0.25) is 4.90 Å². The fraction of sp³-hybridized carbons (Fsp3) is 0.786. The minimum Gasteiger partial charge on any atom is -0.478 e. The highest BCUT2D eigenvalue weighted by Crippen LogP contribution is 2.19. The number of hydrogen-bond acceptors (Lipinski definition) is 2. The molecule has 1 aliphatic heterocycles. The molecule has 17 heavy (non-hydrogen) atoms. The summed E-state index contributed by atoms with van der Waals surface area (Å²) < 4.78 is 0. The topological polar surface area (TPSA) is 40.5 Å². The molecule has 0 amide bonds. The van der Waals surface area contributed by atoms with Gasteiger partial charge in [-0.25, -0.2) is 4.79 Å². The van der Waals surface area contributed by atoms with Gasteiger partial charge in [-0.05, 0) is 32.2 Å². The molecule has 1 aliphatic rings. The van der Waals surface area contributed by atoms with Crippen LogP contribution in [0, 0.1) is 0 Å². The predicted octanol–water partition coefficient (Wildman–Crippen LogP) is 3.06. The quantitative estimate of drug-likeness (QED) is 0.750. The number of carboxylic acid groups (broad SMARTS) is 1. The first-order valence-corrected chi connectivity index (χ1v) is 6.85. The lowest BCUT2D eigenvalue weighted by Gasteiger charge is -2.28. The van der Waals surface area contributed by atoms with Crippen LogP contribution in [0.5, 0.6) is 0 Å². The Morgan fingerprint density at radius 3 is 2.71 bits per heavy atom. The summed E-state index contributed by atoms with van der Waals surface area (Å²) in [4.78, 5) is 13.4. The van der Waals surface area contributed by atoms with E-state index in [1.165, 1.54) is 32.1 Å². The number of hydrogen-bond donors (Lipinski definition) is 1. The summed E-state index contributed by atoms with van der Waals surface area (Å²) in [5, 5.41) is 8.99. The van der Waals surface area contributed by atoms with Gasteiger partial charge in [0.1, 0.15) is 0 Å². The van der Waals surface area contributed by atoms with Gasteiger partial charge in [-0.15, -0.1) is 0 Å². The Balaban J connectivity index is 2.60. The lowest BCUT2D eigenvalue weighted by Crippen LogP contribution is -2.34. The molecule has 1 atom stereocenters. The minimum absolute atomic E-state index is 0.545. The molecule has 0 bridgehead atoms. The molecule has 1 saturated heterocycles. The number of likely N-dealkylation sites (tertiary alicyclic amines) is 1. The van der Waals surface area contributed by atoms with Gasteiger partial charge in [-0.1, -0.05) is 32.8 Å². The van der Waals surface area contributed by atoms with Crippen LogP contribution in [0.3, 0.4) is 0 Å². The molecule has 3 nitrogen and oxygen atoms in total. The lowest BCUT2D eigenvalue weighted by atomic mass is 10.1. The summed E-state index contributed by atoms with van der Waals surface area (Å²) >= 11 is 0. The van der Waals surface area contributed by atoms with Crippen LogP contribution >= 0.6 is 0 Å². The molecule has 98 valence electrons. The standard InChI is InChI=1S/C14H25NO2/c1-3-12(14(16)17)9-11-15-10-7-5-6-8-13(15)4-2/h9,13H,3-8,10-11H2,1-2H3,(H,16,17)/b12-9-. The molecule has 0 radical (unpaired) electrons. The molecule has 0 aliphatic carbocycles. The predicted molar refractivity (Wildman–Crippen MR) is 70.1 cm³/mol. The van der Waals surface area contributed by atoms with E-state index in [-0.39, 0.29) is 0 Å². The Hall–Kier alpha value is -0.830. The fourth-order valence-corrected chi connectivity index (χ4v) is 2.55. The molecule has 1 unspecified atom stereocenters. The maximum atomic E-state index is 10.9. The second-order valence-electron chi connectivity index (χ2n) is 4.79. The van der Waals surface area contributed by atoms with Crippen LogP contribution in [-0.4, -0.2) is 35.1 Å². The van der Waals surface area contributed by atoms with Gasteiger partial charge in [-0.2, -0.15) is 0 Å². The van der Waals surface area contributed by atoms with Crippen LogP contribution in [0.25, 0.3) is 0 Å². The van der Waals surface area contributed by atoms with Crippen molar-refractivity contribution in [1.82, 2.24) is 4.90 Å². The second kappa shape index (κ2) is 7.49. The molecular weight excluding hydrogens is 214 g/mol. The van der Waals surface area contributed by atoms with E-state index >= 15 is 0 Å². The van der Waals surface area contributed by atoms with Crippen LogP contribution in [0.15, 0.2) is 11.6 Å². The first-order valence-electron chi connectivity index (χ1n) is 6.85. The summed E-state index contributed by atoms with van der Waals surface area (Å²) in [6, 6.07) is 0.639. The van der Waals surface area contributed by atoms with Gasteiger partial charge in [0.05, 0.1) is 0 Å². The second-order valence-corrected chi connectivity index (χ2v) is 4.79. The monoisotopic (exact) mass is 239 g/mol. The molecule has 1 rings (SSSR count). The van der Waals surface area contributed by atoms with E-state index in [0.29, 0.717) is 18.0 Å². The average Bonchev–Trinajstić information content (AvgIpc) is 2.54. The van der Waals surface area contributed by atoms with Gasteiger partial charge in [0, 0.05) is 18.2 Å². The largest absolute Gasteiger partial charge is 0.478 e. The summed E-state index contributed by atoms with van der Waals surface area (Å²) in [6.07, 6.45) is 8.82. The van der Waals surface area contributed by atoms with E-state index in [1.807, 2.05) is 13.0 Å². The van der Waals surface area contributed by atoms with E-state index < -0.39 is 5.97 Å². The maximum Gasteiger partial charge on any atom is 0.331 e. The smallest absolute Gasteiger partial charge is 0.331 e. The molecule has 1 N–H and O–H groups in total. The zero-order chi connectivity index (χ0) is 12.7. The molecule has 0 spiro atoms. The van der Waals surface area contributed by atoms with Crippen molar-refractivity contribution < 1.29 is 9.90 Å². The van der Waals surface area contributed by atoms with Crippen LogP contribution in [0.1, 0.15) is 52.4 Å². The first-order chi connectivity index (χ1) is 8.19. The Kier molecular flexibility index (Phi) is 6.27. The highest BCUT2D eigenvalue weighted by molar-refractivity contribution is 5.86. The Bertz CT molecular complexity index is 273. The zero-order valence-electron chi connectivity index (χ0n) is 11.1. The Labute approximate surface area is 105 Å². The zero-order valence-corrected chi connectivity index (χ0v) is 11.1. The van der Waals surface area contributed by atoms with Crippen molar-refractivity contribution in [3.63, 3.8) is 0 Å². The van der Waals surface area contributed by atoms with E-state index in [2.05, 4.69) is 11.8 Å². The molecule has 0 aromatic rings. The van der Waals surface area contributed by atoms with Crippen LogP contribution in [0.2, 0.25) is 0 Å². The Morgan fingerprint density at radius 2 is 2.12 bits per heavy atom. The molecule has 1 fully saturated rings. The third-order valence-electron chi connectivity index (χ3n) is 3.70. The summed E-state index contributed by atoms with van der Waals surface area (Å²) in [6.45, 7) is 6.05. The van der Waals surface area contributed by atoms with Crippen molar-refractivity contribution in [1.29, 1.82) is 0 Å². The van der Waals surface area contributed by atoms with Gasteiger partial charge in [0.2, 0.25) is 0 Å². The van der Waals surface area contributed by atoms with E-state index in [1.54, 1.807) is 0 Å². The number of carbonyl (C=O) groups is 1. The van der Waals surface area contributed by atoms with Gasteiger partial charge >= 0.3 is 5.97 Å². The molecule has 1 heterocycles. The molecule has 3 heteroatoms. The van der Waals surface area contributed by atoms with E-state index in [4.69, 9.17) is 5.11 Å². The Morgan fingerprint density at radius 1 is 1.35 bits per heavy atom. The molecular formula is C14H25NO2. The third kappa shape index (κ3) is 4.50. The van der Waals surface area contributed by atoms with Crippen molar-refractivity contribution in [2.24, 2.45) is 0 Å². The van der Waals surface area contributed by atoms with Gasteiger partial charge in [0.25, 0.3) is 0 Å². The minimum atomic E-state index is -0.768. The van der Waals surface area contributed by atoms with Crippen molar-refractivity contribution in [3.05, 3.63) is 11.6 Å². The van der Waals surface area contributed by atoms with Crippen molar-refractivity contribution in [2.45, 2.75) is 58.4 Å². The lowest BCUT2D eigenvalue weighted by molar-refractivity contribution is -0.132. The van der Waals surface area contributed by atoms with E-state index in [0.717, 1.165) is 13.1 Å².